The van der Waals surface area contributed by atoms with E-state index in [1.54, 1.807) is 6.92 Å². The third-order valence-corrected chi connectivity index (χ3v) is 1.18. The predicted octanol–water partition coefficient (Wildman–Crippen LogP) is 1.33. The minimum absolute atomic E-state index is 0.336. The molecule has 0 amide bonds. The minimum Gasteiger partial charge on any atom is -0.406 e. The Balaban J connectivity index is 3.33. The minimum atomic E-state index is -0.537. The van der Waals surface area contributed by atoms with Crippen LogP contribution < -0.4 is 5.76 Å². The van der Waals surface area contributed by atoms with E-state index < -0.39 is 5.76 Å². The summed E-state index contributed by atoms with van der Waals surface area (Å²) in [5.41, 5.74) is 0.644. The van der Waals surface area contributed by atoms with E-state index in [0.717, 1.165) is 0 Å². The van der Waals surface area contributed by atoms with Crippen LogP contribution in [-0.4, -0.2) is 11.7 Å². The van der Waals surface area contributed by atoms with Crippen molar-refractivity contribution in [3.05, 3.63) is 22.9 Å². The molecular formula is C7H8N2O2. The molecule has 1 N–H and O–H groups in total. The molecule has 1 aromatic rings. The Morgan fingerprint density at radius 3 is 2.73 bits per heavy atom. The summed E-state index contributed by atoms with van der Waals surface area (Å²) >= 11 is 0. The number of aromatic amines is 1. The summed E-state index contributed by atoms with van der Waals surface area (Å²) in [5, 5.41) is 0. The van der Waals surface area contributed by atoms with E-state index in [4.69, 9.17) is 4.42 Å². The Morgan fingerprint density at radius 2 is 2.36 bits per heavy atom. The van der Waals surface area contributed by atoms with E-state index >= 15 is 0 Å². The topological polar surface area (TPSA) is 58.4 Å². The number of oxazole rings is 1. The summed E-state index contributed by atoms with van der Waals surface area (Å²) in [7, 11) is 0. The van der Waals surface area contributed by atoms with Gasteiger partial charge < -0.3 is 4.42 Å². The first kappa shape index (κ1) is 7.53. The highest BCUT2D eigenvalue weighted by Crippen LogP contribution is 2.19. The number of allylic oxidation sites excluding steroid dienone is 1. The fraction of sp³-hybridized carbons (Fsp3) is 0.143. The van der Waals surface area contributed by atoms with Crippen molar-refractivity contribution in [1.82, 2.24) is 4.98 Å². The predicted molar refractivity (Wildman–Crippen MR) is 43.2 cm³/mol. The van der Waals surface area contributed by atoms with E-state index in [1.165, 1.54) is 0 Å². The lowest BCUT2D eigenvalue weighted by molar-refractivity contribution is 0.504. The molecule has 11 heavy (non-hydrogen) atoms. The first-order chi connectivity index (χ1) is 5.15. The second-order valence-corrected chi connectivity index (χ2v) is 2.13. The second-order valence-electron chi connectivity index (χ2n) is 2.13. The fourth-order valence-electron chi connectivity index (χ4n) is 0.721. The smallest absolute Gasteiger partial charge is 0.406 e. The van der Waals surface area contributed by atoms with Crippen molar-refractivity contribution in [3.8, 4) is 0 Å². The molecular weight excluding hydrogens is 144 g/mol. The maximum absolute atomic E-state index is 10.6. The van der Waals surface area contributed by atoms with Crippen LogP contribution in [-0.2, 0) is 0 Å². The van der Waals surface area contributed by atoms with Gasteiger partial charge in [0.15, 0.2) is 11.6 Å². The van der Waals surface area contributed by atoms with Crippen molar-refractivity contribution >= 4 is 18.1 Å². The number of hydrogen-bond donors (Lipinski definition) is 1. The summed E-state index contributed by atoms with van der Waals surface area (Å²) in [6.07, 6.45) is 0. The molecule has 1 heterocycles. The summed E-state index contributed by atoms with van der Waals surface area (Å²) in [6.45, 7) is 8.60. The highest BCUT2D eigenvalue weighted by Gasteiger charge is 2.07. The molecule has 4 heteroatoms. The van der Waals surface area contributed by atoms with Crippen LogP contribution in [0.1, 0.15) is 12.7 Å². The maximum atomic E-state index is 10.6. The van der Waals surface area contributed by atoms with Crippen LogP contribution in [0.2, 0.25) is 0 Å². The van der Waals surface area contributed by atoms with Gasteiger partial charge in [-0.2, -0.15) is 0 Å². The fourth-order valence-corrected chi connectivity index (χ4v) is 0.721. The maximum Gasteiger partial charge on any atom is 0.418 e. The van der Waals surface area contributed by atoms with Gasteiger partial charge in [0.1, 0.15) is 0 Å². The van der Waals surface area contributed by atoms with Gasteiger partial charge in [0.2, 0.25) is 0 Å². The van der Waals surface area contributed by atoms with Crippen LogP contribution in [0.5, 0.6) is 0 Å². The van der Waals surface area contributed by atoms with Crippen molar-refractivity contribution < 1.29 is 4.42 Å². The van der Waals surface area contributed by atoms with Crippen LogP contribution in [0.25, 0.3) is 5.57 Å². The zero-order valence-corrected chi connectivity index (χ0v) is 6.18. The zero-order valence-electron chi connectivity index (χ0n) is 6.18. The number of aliphatic imine (C=N–C) groups is 1. The Labute approximate surface area is 63.3 Å². The van der Waals surface area contributed by atoms with Crippen molar-refractivity contribution in [2.45, 2.75) is 6.92 Å². The van der Waals surface area contributed by atoms with Crippen molar-refractivity contribution in [1.29, 1.82) is 0 Å². The number of aromatic nitrogens is 1. The molecule has 0 radical (unpaired) electrons. The molecule has 0 aromatic carbocycles. The lowest BCUT2D eigenvalue weighted by atomic mass is 10.3. The third-order valence-electron chi connectivity index (χ3n) is 1.18. The molecule has 0 aliphatic carbocycles. The number of nitrogens with one attached hydrogen (secondary N) is 1. The molecule has 1 aromatic heterocycles. The highest BCUT2D eigenvalue weighted by molar-refractivity contribution is 5.65. The molecule has 58 valence electrons. The van der Waals surface area contributed by atoms with E-state index in [2.05, 4.69) is 23.3 Å². The SMILES string of the molecule is C=Nc1[nH]c(=O)oc1C(=C)C. The van der Waals surface area contributed by atoms with Crippen LogP contribution in [0.15, 0.2) is 20.8 Å². The molecule has 0 atom stereocenters. The van der Waals surface area contributed by atoms with Gasteiger partial charge in [-0.1, -0.05) is 6.58 Å². The number of H-pyrrole nitrogens is 1. The molecule has 4 nitrogen and oxygen atoms in total. The monoisotopic (exact) mass is 152 g/mol. The molecule has 0 saturated carbocycles. The third kappa shape index (κ3) is 1.29. The Kier molecular flexibility index (Phi) is 1.76. The summed E-state index contributed by atoms with van der Waals surface area (Å²) in [4.78, 5) is 16.5. The number of nitrogens with zero attached hydrogens (tertiary/aromatic N) is 1. The van der Waals surface area contributed by atoms with E-state index in [0.29, 0.717) is 17.2 Å². The van der Waals surface area contributed by atoms with Gasteiger partial charge in [-0.05, 0) is 19.2 Å². The molecule has 0 saturated heterocycles. The van der Waals surface area contributed by atoms with Gasteiger partial charge in [-0.25, -0.2) is 9.79 Å². The van der Waals surface area contributed by atoms with E-state index in [-0.39, 0.29) is 0 Å². The van der Waals surface area contributed by atoms with Gasteiger partial charge in [-0.3, -0.25) is 4.98 Å². The number of rotatable bonds is 2. The summed E-state index contributed by atoms with van der Waals surface area (Å²) in [6, 6.07) is 0. The molecule has 0 unspecified atom stereocenters. The standard InChI is InChI=1S/C7H8N2O2/c1-4(2)5-6(8-3)9-7(10)11-5/h1,3H2,2H3,(H,9,10). The van der Waals surface area contributed by atoms with Crippen molar-refractivity contribution in [2.24, 2.45) is 4.99 Å². The Bertz CT molecular complexity index is 346. The lowest BCUT2D eigenvalue weighted by Crippen LogP contribution is -1.93. The molecule has 0 aliphatic rings. The van der Waals surface area contributed by atoms with Gasteiger partial charge >= 0.3 is 5.76 Å². The van der Waals surface area contributed by atoms with Gasteiger partial charge in [0.05, 0.1) is 0 Å². The largest absolute Gasteiger partial charge is 0.418 e. The summed E-state index contributed by atoms with van der Waals surface area (Å²) < 4.78 is 4.72. The van der Waals surface area contributed by atoms with E-state index in [9.17, 15) is 4.79 Å². The Morgan fingerprint density at radius 1 is 1.73 bits per heavy atom. The highest BCUT2D eigenvalue weighted by atomic mass is 16.4. The van der Waals surface area contributed by atoms with Crippen LogP contribution >= 0.6 is 0 Å². The normalized spacial score (nSPS) is 9.55. The first-order valence-corrected chi connectivity index (χ1v) is 3.01. The quantitative estimate of drug-likeness (QED) is 0.650. The van der Waals surface area contributed by atoms with E-state index in [1.807, 2.05) is 0 Å². The van der Waals surface area contributed by atoms with Gasteiger partial charge in [0.25, 0.3) is 0 Å². The molecule has 1 rings (SSSR count). The summed E-state index contributed by atoms with van der Waals surface area (Å²) in [5.74, 6) is 0.165. The first-order valence-electron chi connectivity index (χ1n) is 3.01. The molecule has 0 fully saturated rings. The Hall–Kier alpha value is -1.58. The van der Waals surface area contributed by atoms with Gasteiger partial charge in [0, 0.05) is 0 Å². The van der Waals surface area contributed by atoms with Crippen LogP contribution in [0, 0.1) is 0 Å². The van der Waals surface area contributed by atoms with Crippen LogP contribution in [0.4, 0.5) is 5.82 Å². The molecule has 0 spiro atoms. The average Bonchev–Trinajstić information content (AvgIpc) is 2.30. The molecule has 0 aliphatic heterocycles. The van der Waals surface area contributed by atoms with Crippen molar-refractivity contribution in [3.63, 3.8) is 0 Å². The molecule has 0 bridgehead atoms. The second kappa shape index (κ2) is 2.57. The number of hydrogen-bond acceptors (Lipinski definition) is 3. The van der Waals surface area contributed by atoms with Crippen LogP contribution in [0.3, 0.4) is 0 Å². The van der Waals surface area contributed by atoms with Gasteiger partial charge in [-0.15, -0.1) is 0 Å². The zero-order chi connectivity index (χ0) is 8.43. The lowest BCUT2D eigenvalue weighted by Gasteiger charge is -1.90. The van der Waals surface area contributed by atoms with Crippen molar-refractivity contribution in [2.75, 3.05) is 0 Å². The average molecular weight is 152 g/mol.